The first-order chi connectivity index (χ1) is 11.1. The average Bonchev–Trinajstić information content (AvgIpc) is 2.53. The molecule has 0 heterocycles. The fraction of sp³-hybridized carbons (Fsp3) is 0.133. The molecule has 2 rings (SSSR count). The molecule has 0 bridgehead atoms. The molecule has 2 aromatic rings. The third-order valence-corrected chi connectivity index (χ3v) is 4.78. The summed E-state index contributed by atoms with van der Waals surface area (Å²) in [5.41, 5.74) is -0.558. The summed E-state index contributed by atoms with van der Waals surface area (Å²) < 4.78 is 64.0. The monoisotopic (exact) mass is 375 g/mol. The van der Waals surface area contributed by atoms with Crippen molar-refractivity contribution in [2.75, 3.05) is 10.5 Å². The number of sulfonamides is 1. The van der Waals surface area contributed by atoms with E-state index in [0.717, 1.165) is 24.3 Å². The maximum Gasteiger partial charge on any atom is 0.416 e. The standard InChI is InChI=1S/C15H12F3NO3S2/c16-15(17,18)11-3-5-12(6-4-11)19-24(21,22)13-7-1-10(2-8-13)14(20)9-23/h1-8,19,23H,9H2. The van der Waals surface area contributed by atoms with Gasteiger partial charge in [-0.2, -0.15) is 25.8 Å². The number of carbonyl (C=O) groups excluding carboxylic acids is 1. The largest absolute Gasteiger partial charge is 0.416 e. The van der Waals surface area contributed by atoms with Crippen molar-refractivity contribution in [1.29, 1.82) is 0 Å². The highest BCUT2D eigenvalue weighted by molar-refractivity contribution is 7.92. The molecule has 9 heteroatoms. The Labute approximate surface area is 142 Å². The molecule has 4 nitrogen and oxygen atoms in total. The highest BCUT2D eigenvalue weighted by atomic mass is 32.2. The number of thiol groups is 1. The lowest BCUT2D eigenvalue weighted by Gasteiger charge is -2.10. The first-order valence-electron chi connectivity index (χ1n) is 6.58. The van der Waals surface area contributed by atoms with Crippen molar-refractivity contribution in [3.63, 3.8) is 0 Å². The third-order valence-electron chi connectivity index (χ3n) is 3.09. The van der Waals surface area contributed by atoms with Crippen LogP contribution in [0.1, 0.15) is 15.9 Å². The van der Waals surface area contributed by atoms with Gasteiger partial charge in [-0.1, -0.05) is 12.1 Å². The molecule has 0 aromatic heterocycles. The molecule has 0 aliphatic carbocycles. The molecule has 1 N–H and O–H groups in total. The van der Waals surface area contributed by atoms with Gasteiger partial charge in [0.15, 0.2) is 5.78 Å². The van der Waals surface area contributed by atoms with Crippen molar-refractivity contribution in [3.05, 3.63) is 59.7 Å². The molecule has 24 heavy (non-hydrogen) atoms. The highest BCUT2D eigenvalue weighted by Crippen LogP contribution is 2.30. The van der Waals surface area contributed by atoms with Gasteiger partial charge in [0.05, 0.1) is 16.2 Å². The summed E-state index contributed by atoms with van der Waals surface area (Å²) >= 11 is 3.84. The van der Waals surface area contributed by atoms with Crippen LogP contribution in [0, 0.1) is 0 Å². The lowest BCUT2D eigenvalue weighted by atomic mass is 10.1. The number of ketones is 1. The van der Waals surface area contributed by atoms with Crippen molar-refractivity contribution in [1.82, 2.24) is 0 Å². The zero-order valence-corrected chi connectivity index (χ0v) is 13.8. The second kappa shape index (κ2) is 6.86. The zero-order valence-electron chi connectivity index (χ0n) is 12.0. The lowest BCUT2D eigenvalue weighted by Crippen LogP contribution is -2.13. The lowest BCUT2D eigenvalue weighted by molar-refractivity contribution is -0.137. The summed E-state index contributed by atoms with van der Waals surface area (Å²) in [6.45, 7) is 0. The van der Waals surface area contributed by atoms with Crippen LogP contribution in [-0.2, 0) is 16.2 Å². The van der Waals surface area contributed by atoms with Crippen molar-refractivity contribution in [3.8, 4) is 0 Å². The predicted molar refractivity (Wildman–Crippen MR) is 86.9 cm³/mol. The number of Topliss-reactive ketones (excluding diaryl/α,β-unsaturated/α-hetero) is 1. The molecule has 0 saturated carbocycles. The first-order valence-corrected chi connectivity index (χ1v) is 8.69. The summed E-state index contributed by atoms with van der Waals surface area (Å²) in [6, 6.07) is 8.79. The van der Waals surface area contributed by atoms with Crippen LogP contribution in [0.25, 0.3) is 0 Å². The topological polar surface area (TPSA) is 63.2 Å². The molecule has 128 valence electrons. The van der Waals surface area contributed by atoms with Crippen molar-refractivity contribution < 1.29 is 26.4 Å². The summed E-state index contributed by atoms with van der Waals surface area (Å²) in [7, 11) is -3.97. The van der Waals surface area contributed by atoms with E-state index in [1.165, 1.54) is 24.3 Å². The second-order valence-electron chi connectivity index (χ2n) is 4.79. The Kier molecular flexibility index (Phi) is 5.24. The van der Waals surface area contributed by atoms with Gasteiger partial charge in [0.1, 0.15) is 0 Å². The Bertz CT molecular complexity index is 830. The van der Waals surface area contributed by atoms with E-state index in [1.807, 2.05) is 0 Å². The van der Waals surface area contributed by atoms with Crippen molar-refractivity contribution >= 4 is 34.1 Å². The molecule has 0 spiro atoms. The fourth-order valence-electron chi connectivity index (χ4n) is 1.85. The molecule has 0 fully saturated rings. The van der Waals surface area contributed by atoms with E-state index in [0.29, 0.717) is 5.56 Å². The van der Waals surface area contributed by atoms with E-state index in [2.05, 4.69) is 17.4 Å². The van der Waals surface area contributed by atoms with Crippen LogP contribution in [0.15, 0.2) is 53.4 Å². The van der Waals surface area contributed by atoms with Crippen LogP contribution in [0.5, 0.6) is 0 Å². The van der Waals surface area contributed by atoms with Gasteiger partial charge in [0, 0.05) is 11.3 Å². The van der Waals surface area contributed by atoms with E-state index in [1.54, 1.807) is 0 Å². The maximum absolute atomic E-state index is 12.5. The minimum Gasteiger partial charge on any atom is -0.293 e. The first kappa shape index (κ1) is 18.3. The van der Waals surface area contributed by atoms with Gasteiger partial charge >= 0.3 is 6.18 Å². The number of hydrogen-bond donors (Lipinski definition) is 2. The van der Waals surface area contributed by atoms with Gasteiger partial charge in [-0.05, 0) is 36.4 Å². The highest BCUT2D eigenvalue weighted by Gasteiger charge is 2.30. The van der Waals surface area contributed by atoms with Crippen LogP contribution in [-0.4, -0.2) is 20.0 Å². The van der Waals surface area contributed by atoms with Gasteiger partial charge in [-0.25, -0.2) is 8.42 Å². The molecule has 0 aliphatic rings. The molecular weight excluding hydrogens is 363 g/mol. The molecule has 0 amide bonds. The van der Waals surface area contributed by atoms with E-state index < -0.39 is 21.8 Å². The second-order valence-corrected chi connectivity index (χ2v) is 6.78. The quantitative estimate of drug-likeness (QED) is 0.620. The van der Waals surface area contributed by atoms with E-state index in [-0.39, 0.29) is 22.1 Å². The number of carbonyl (C=O) groups is 1. The van der Waals surface area contributed by atoms with Gasteiger partial charge < -0.3 is 0 Å². The van der Waals surface area contributed by atoms with Crippen LogP contribution in [0.2, 0.25) is 0 Å². The number of nitrogens with one attached hydrogen (secondary N) is 1. The van der Waals surface area contributed by atoms with Crippen LogP contribution >= 0.6 is 12.6 Å². The summed E-state index contributed by atoms with van der Waals surface area (Å²) in [4.78, 5) is 11.3. The van der Waals surface area contributed by atoms with Crippen molar-refractivity contribution in [2.45, 2.75) is 11.1 Å². The normalized spacial score (nSPS) is 12.0. The number of halogens is 3. The van der Waals surface area contributed by atoms with Crippen LogP contribution < -0.4 is 4.72 Å². The van der Waals surface area contributed by atoms with Crippen LogP contribution in [0.3, 0.4) is 0 Å². The molecule has 0 unspecified atom stereocenters. The molecular formula is C15H12F3NO3S2. The Balaban J connectivity index is 2.20. The van der Waals surface area contributed by atoms with E-state index in [9.17, 15) is 26.4 Å². The number of alkyl halides is 3. The van der Waals surface area contributed by atoms with Gasteiger partial charge in [0.25, 0.3) is 10.0 Å². The van der Waals surface area contributed by atoms with Crippen LogP contribution in [0.4, 0.5) is 18.9 Å². The fourth-order valence-corrected chi connectivity index (χ4v) is 3.09. The van der Waals surface area contributed by atoms with E-state index in [4.69, 9.17) is 0 Å². The molecule has 2 aromatic carbocycles. The number of benzene rings is 2. The summed E-state index contributed by atoms with van der Waals surface area (Å²) in [6.07, 6.45) is -4.49. The van der Waals surface area contributed by atoms with Crippen molar-refractivity contribution in [2.24, 2.45) is 0 Å². The Morgan fingerprint density at radius 3 is 2.00 bits per heavy atom. The Morgan fingerprint density at radius 1 is 1.00 bits per heavy atom. The number of hydrogen-bond acceptors (Lipinski definition) is 4. The summed E-state index contributed by atoms with van der Waals surface area (Å²) in [5, 5.41) is 0. The van der Waals surface area contributed by atoms with Gasteiger partial charge in [-0.3, -0.25) is 9.52 Å². The SMILES string of the molecule is O=C(CS)c1ccc(S(=O)(=O)Nc2ccc(C(F)(F)F)cc2)cc1. The van der Waals surface area contributed by atoms with Gasteiger partial charge in [-0.15, -0.1) is 0 Å². The smallest absolute Gasteiger partial charge is 0.293 e. The molecule has 0 aliphatic heterocycles. The average molecular weight is 375 g/mol. The minimum absolute atomic E-state index is 0.00138. The molecule has 0 radical (unpaired) electrons. The molecule has 0 atom stereocenters. The predicted octanol–water partition coefficient (Wildman–Crippen LogP) is 3.62. The molecule has 0 saturated heterocycles. The third kappa shape index (κ3) is 4.30. The van der Waals surface area contributed by atoms with Gasteiger partial charge in [0.2, 0.25) is 0 Å². The van der Waals surface area contributed by atoms with E-state index >= 15 is 0 Å². The zero-order chi connectivity index (χ0) is 18.0. The number of rotatable bonds is 5. The Morgan fingerprint density at radius 2 is 1.54 bits per heavy atom. The summed E-state index contributed by atoms with van der Waals surface area (Å²) in [5.74, 6) is -0.256. The Hall–Kier alpha value is -2.00. The number of anilines is 1. The minimum atomic E-state index is -4.49. The maximum atomic E-state index is 12.5.